The zero-order chi connectivity index (χ0) is 15.6. The predicted molar refractivity (Wildman–Crippen MR) is 83.3 cm³/mol. The molecule has 0 radical (unpaired) electrons. The van der Waals surface area contributed by atoms with Crippen molar-refractivity contribution in [1.29, 1.82) is 0 Å². The monoisotopic (exact) mass is 354 g/mol. The molecule has 0 aliphatic rings. The van der Waals surface area contributed by atoms with Crippen LogP contribution >= 0.6 is 15.9 Å². The van der Waals surface area contributed by atoms with E-state index in [9.17, 15) is 8.78 Å². The van der Waals surface area contributed by atoms with E-state index in [0.29, 0.717) is 6.54 Å². The zero-order valence-electron chi connectivity index (χ0n) is 12.2. The van der Waals surface area contributed by atoms with Crippen LogP contribution < -0.4 is 5.32 Å². The molecule has 112 valence electrons. The Kier molecular flexibility index (Phi) is 5.06. The van der Waals surface area contributed by atoms with Gasteiger partial charge in [-0.2, -0.15) is 0 Å². The Labute approximate surface area is 131 Å². The topological polar surface area (TPSA) is 24.9 Å². The van der Waals surface area contributed by atoms with Crippen LogP contribution in [0, 0.1) is 25.5 Å². The normalized spacial score (nSPS) is 12.5. The first-order valence-electron chi connectivity index (χ1n) is 6.76. The van der Waals surface area contributed by atoms with Crippen LogP contribution in [0.4, 0.5) is 8.78 Å². The quantitative estimate of drug-likeness (QED) is 0.821. The molecule has 0 bridgehead atoms. The third kappa shape index (κ3) is 3.47. The summed E-state index contributed by atoms with van der Waals surface area (Å²) in [6, 6.07) is 5.79. The molecule has 1 heterocycles. The molecule has 1 atom stereocenters. The Morgan fingerprint density at radius 2 is 1.81 bits per heavy atom. The molecule has 0 fully saturated rings. The van der Waals surface area contributed by atoms with Crippen molar-refractivity contribution in [3.8, 4) is 0 Å². The Bertz CT molecular complexity index is 639. The molecule has 1 unspecified atom stereocenters. The Morgan fingerprint density at radius 1 is 1.19 bits per heavy atom. The van der Waals surface area contributed by atoms with E-state index < -0.39 is 17.7 Å². The summed E-state index contributed by atoms with van der Waals surface area (Å²) >= 11 is 3.12. The fourth-order valence-electron chi connectivity index (χ4n) is 2.43. The summed E-state index contributed by atoms with van der Waals surface area (Å²) in [7, 11) is 0. The molecule has 2 rings (SSSR count). The highest BCUT2D eigenvalue weighted by Crippen LogP contribution is 2.31. The van der Waals surface area contributed by atoms with Crippen molar-refractivity contribution in [2.45, 2.75) is 26.8 Å². The van der Waals surface area contributed by atoms with Crippen molar-refractivity contribution in [1.82, 2.24) is 10.3 Å². The summed E-state index contributed by atoms with van der Waals surface area (Å²) in [4.78, 5) is 4.31. The average molecular weight is 355 g/mol. The van der Waals surface area contributed by atoms with Crippen molar-refractivity contribution in [3.05, 3.63) is 62.9 Å². The van der Waals surface area contributed by atoms with Crippen LogP contribution in [0.2, 0.25) is 0 Å². The maximum atomic E-state index is 14.4. The van der Waals surface area contributed by atoms with Gasteiger partial charge in [-0.15, -0.1) is 0 Å². The first kappa shape index (κ1) is 16.0. The first-order valence-corrected chi connectivity index (χ1v) is 7.55. The molecule has 0 amide bonds. The van der Waals surface area contributed by atoms with Crippen molar-refractivity contribution in [3.63, 3.8) is 0 Å². The van der Waals surface area contributed by atoms with Crippen LogP contribution in [0.5, 0.6) is 0 Å². The van der Waals surface area contributed by atoms with Gasteiger partial charge in [0, 0.05) is 17.0 Å². The van der Waals surface area contributed by atoms with Crippen LogP contribution in [-0.4, -0.2) is 11.5 Å². The molecule has 21 heavy (non-hydrogen) atoms. The molecular formula is C16H17BrF2N2. The lowest BCUT2D eigenvalue weighted by molar-refractivity contribution is 0.507. The van der Waals surface area contributed by atoms with E-state index in [1.54, 1.807) is 0 Å². The summed E-state index contributed by atoms with van der Waals surface area (Å²) in [5.41, 5.74) is 2.47. The number of rotatable bonds is 4. The number of aromatic nitrogens is 1. The number of nitrogens with zero attached hydrogens (tertiary/aromatic N) is 1. The third-order valence-electron chi connectivity index (χ3n) is 3.21. The molecular weight excluding hydrogens is 338 g/mol. The summed E-state index contributed by atoms with van der Waals surface area (Å²) in [6.07, 6.45) is 0. The summed E-state index contributed by atoms with van der Waals surface area (Å²) in [6.45, 7) is 6.23. The van der Waals surface area contributed by atoms with Gasteiger partial charge in [0.2, 0.25) is 0 Å². The Morgan fingerprint density at radius 3 is 2.38 bits per heavy atom. The maximum absolute atomic E-state index is 14.4. The second-order valence-corrected chi connectivity index (χ2v) is 5.79. The molecule has 1 aromatic heterocycles. The summed E-state index contributed by atoms with van der Waals surface area (Å²) in [5.74, 6) is -1.14. The number of aryl methyl sites for hydroxylation is 2. The molecule has 1 aromatic carbocycles. The minimum Gasteiger partial charge on any atom is -0.306 e. The SMILES string of the molecule is CCNC(c1cc(C)nc(C)c1)c1c(F)ccc(Br)c1F. The number of halogens is 3. The second-order valence-electron chi connectivity index (χ2n) is 4.93. The molecule has 2 nitrogen and oxygen atoms in total. The molecule has 1 N–H and O–H groups in total. The molecule has 0 saturated heterocycles. The summed E-state index contributed by atoms with van der Waals surface area (Å²) < 4.78 is 28.8. The van der Waals surface area contributed by atoms with Gasteiger partial charge in [0.15, 0.2) is 0 Å². The van der Waals surface area contributed by atoms with Crippen molar-refractivity contribution < 1.29 is 8.78 Å². The van der Waals surface area contributed by atoms with E-state index >= 15 is 0 Å². The standard InChI is InChI=1S/C16H17BrF2N2/c1-4-20-16(11-7-9(2)21-10(3)8-11)14-13(18)6-5-12(17)15(14)19/h5-8,16,20H,4H2,1-3H3. The van der Waals surface area contributed by atoms with Gasteiger partial charge in [-0.05, 0) is 66.2 Å². The smallest absolute Gasteiger partial charge is 0.145 e. The molecule has 0 saturated carbocycles. The summed E-state index contributed by atoms with van der Waals surface area (Å²) in [5, 5.41) is 3.15. The van der Waals surface area contributed by atoms with Crippen LogP contribution in [0.3, 0.4) is 0 Å². The molecule has 0 aliphatic carbocycles. The third-order valence-corrected chi connectivity index (χ3v) is 3.83. The zero-order valence-corrected chi connectivity index (χ0v) is 13.8. The second kappa shape index (κ2) is 6.62. The van der Waals surface area contributed by atoms with Crippen LogP contribution in [-0.2, 0) is 0 Å². The number of nitrogens with one attached hydrogen (secondary N) is 1. The van der Waals surface area contributed by atoms with E-state index in [0.717, 1.165) is 17.0 Å². The van der Waals surface area contributed by atoms with Crippen molar-refractivity contribution >= 4 is 15.9 Å². The Hall–Kier alpha value is -1.33. The van der Waals surface area contributed by atoms with Gasteiger partial charge in [0.1, 0.15) is 11.6 Å². The van der Waals surface area contributed by atoms with Crippen LogP contribution in [0.1, 0.15) is 35.5 Å². The largest absolute Gasteiger partial charge is 0.306 e. The van der Waals surface area contributed by atoms with Gasteiger partial charge in [-0.25, -0.2) is 8.78 Å². The van der Waals surface area contributed by atoms with Crippen molar-refractivity contribution in [2.75, 3.05) is 6.54 Å². The number of hydrogen-bond acceptors (Lipinski definition) is 2. The molecule has 2 aromatic rings. The van der Waals surface area contributed by atoms with Gasteiger partial charge < -0.3 is 5.32 Å². The lowest BCUT2D eigenvalue weighted by Gasteiger charge is -2.21. The lowest BCUT2D eigenvalue weighted by Crippen LogP contribution is -2.24. The number of benzene rings is 1. The first-order chi connectivity index (χ1) is 9.93. The van der Waals surface area contributed by atoms with E-state index in [1.165, 1.54) is 12.1 Å². The lowest BCUT2D eigenvalue weighted by atomic mass is 9.97. The molecule has 0 spiro atoms. The van der Waals surface area contributed by atoms with E-state index in [2.05, 4.69) is 26.2 Å². The highest BCUT2D eigenvalue weighted by molar-refractivity contribution is 9.10. The number of hydrogen-bond donors (Lipinski definition) is 1. The van der Waals surface area contributed by atoms with Crippen LogP contribution in [0.15, 0.2) is 28.7 Å². The molecule has 5 heteroatoms. The van der Waals surface area contributed by atoms with Crippen LogP contribution in [0.25, 0.3) is 0 Å². The minimum atomic E-state index is -0.576. The fourth-order valence-corrected chi connectivity index (χ4v) is 2.78. The fraction of sp³-hybridized carbons (Fsp3) is 0.312. The average Bonchev–Trinajstić information content (AvgIpc) is 2.41. The van der Waals surface area contributed by atoms with Gasteiger partial charge in [-0.1, -0.05) is 6.92 Å². The minimum absolute atomic E-state index is 0.0243. The highest BCUT2D eigenvalue weighted by atomic mass is 79.9. The van der Waals surface area contributed by atoms with E-state index in [-0.39, 0.29) is 10.0 Å². The van der Waals surface area contributed by atoms with Gasteiger partial charge in [0.25, 0.3) is 0 Å². The predicted octanol–water partition coefficient (Wildman–Crippen LogP) is 4.44. The van der Waals surface area contributed by atoms with Crippen molar-refractivity contribution in [2.24, 2.45) is 0 Å². The maximum Gasteiger partial charge on any atom is 0.145 e. The van der Waals surface area contributed by atoms with Gasteiger partial charge in [0.05, 0.1) is 10.5 Å². The Balaban J connectivity index is 2.61. The van der Waals surface area contributed by atoms with E-state index in [4.69, 9.17) is 0 Å². The number of pyridine rings is 1. The van der Waals surface area contributed by atoms with Gasteiger partial charge >= 0.3 is 0 Å². The van der Waals surface area contributed by atoms with Gasteiger partial charge in [-0.3, -0.25) is 4.98 Å². The molecule has 0 aliphatic heterocycles. The van der Waals surface area contributed by atoms with E-state index in [1.807, 2.05) is 32.9 Å². The highest BCUT2D eigenvalue weighted by Gasteiger charge is 2.23.